The SMILES string of the molecule is O=C(CN1CCC(CO)CC1)Nc1ccc(Br)cc1. The number of amides is 1. The third-order valence-electron chi connectivity index (χ3n) is 3.46. The summed E-state index contributed by atoms with van der Waals surface area (Å²) in [6.45, 7) is 2.46. The first-order valence-electron chi connectivity index (χ1n) is 6.56. The number of aliphatic hydroxyl groups excluding tert-OH is 1. The lowest BCUT2D eigenvalue weighted by molar-refractivity contribution is -0.117. The number of nitrogens with zero attached hydrogens (tertiary/aromatic N) is 1. The highest BCUT2D eigenvalue weighted by Gasteiger charge is 2.20. The number of aliphatic hydroxyl groups is 1. The number of hydrogen-bond donors (Lipinski definition) is 2. The predicted octanol–water partition coefficient (Wildman–Crippen LogP) is 2.09. The molecule has 0 atom stereocenters. The molecule has 1 aromatic rings. The standard InChI is InChI=1S/C14H19BrN2O2/c15-12-1-3-13(4-2-12)16-14(19)9-17-7-5-11(10-18)6-8-17/h1-4,11,18H,5-10H2,(H,16,19). The van der Waals surface area contributed by atoms with Gasteiger partial charge in [0.05, 0.1) is 6.54 Å². The first kappa shape index (κ1) is 14.5. The minimum Gasteiger partial charge on any atom is -0.396 e. The fourth-order valence-electron chi connectivity index (χ4n) is 2.26. The van der Waals surface area contributed by atoms with E-state index in [1.165, 1.54) is 0 Å². The van der Waals surface area contributed by atoms with E-state index < -0.39 is 0 Å². The lowest BCUT2D eigenvalue weighted by Crippen LogP contribution is -2.39. The van der Waals surface area contributed by atoms with Crippen LogP contribution in [0.1, 0.15) is 12.8 Å². The van der Waals surface area contributed by atoms with Crippen LogP contribution in [-0.2, 0) is 4.79 Å². The van der Waals surface area contributed by atoms with Crippen LogP contribution in [0.25, 0.3) is 0 Å². The minimum atomic E-state index is 0.0183. The van der Waals surface area contributed by atoms with Gasteiger partial charge in [-0.15, -0.1) is 0 Å². The first-order valence-corrected chi connectivity index (χ1v) is 7.35. The van der Waals surface area contributed by atoms with Crippen molar-refractivity contribution < 1.29 is 9.90 Å². The lowest BCUT2D eigenvalue weighted by Gasteiger charge is -2.30. The summed E-state index contributed by atoms with van der Waals surface area (Å²) in [7, 11) is 0. The predicted molar refractivity (Wildman–Crippen MR) is 79.0 cm³/mol. The Morgan fingerprint density at radius 3 is 2.53 bits per heavy atom. The molecule has 0 saturated carbocycles. The molecule has 1 amide bonds. The Hall–Kier alpha value is -0.910. The van der Waals surface area contributed by atoms with Gasteiger partial charge in [0.15, 0.2) is 0 Å². The van der Waals surface area contributed by atoms with Crippen molar-refractivity contribution in [3.8, 4) is 0 Å². The molecular formula is C14H19BrN2O2. The molecule has 1 heterocycles. The quantitative estimate of drug-likeness (QED) is 0.890. The van der Waals surface area contributed by atoms with Gasteiger partial charge in [0.1, 0.15) is 0 Å². The van der Waals surface area contributed by atoms with Gasteiger partial charge < -0.3 is 10.4 Å². The first-order chi connectivity index (χ1) is 9.17. The number of rotatable bonds is 4. The van der Waals surface area contributed by atoms with Crippen molar-refractivity contribution in [3.05, 3.63) is 28.7 Å². The molecule has 1 saturated heterocycles. The second-order valence-electron chi connectivity index (χ2n) is 4.96. The Balaban J connectivity index is 1.77. The number of carbonyl (C=O) groups excluding carboxylic acids is 1. The maximum absolute atomic E-state index is 11.9. The van der Waals surface area contributed by atoms with Crippen LogP contribution in [0, 0.1) is 5.92 Å². The van der Waals surface area contributed by atoms with E-state index in [1.807, 2.05) is 24.3 Å². The fourth-order valence-corrected chi connectivity index (χ4v) is 2.53. The Morgan fingerprint density at radius 1 is 1.32 bits per heavy atom. The van der Waals surface area contributed by atoms with Crippen LogP contribution in [-0.4, -0.2) is 42.2 Å². The van der Waals surface area contributed by atoms with Crippen LogP contribution in [0.4, 0.5) is 5.69 Å². The summed E-state index contributed by atoms with van der Waals surface area (Å²) in [5.74, 6) is 0.426. The second-order valence-corrected chi connectivity index (χ2v) is 5.87. The molecule has 104 valence electrons. The van der Waals surface area contributed by atoms with E-state index >= 15 is 0 Å². The van der Waals surface area contributed by atoms with Gasteiger partial charge in [0.2, 0.25) is 5.91 Å². The van der Waals surface area contributed by atoms with Crippen LogP contribution in [0.2, 0.25) is 0 Å². The highest BCUT2D eigenvalue weighted by molar-refractivity contribution is 9.10. The Bertz CT molecular complexity index is 414. The van der Waals surface area contributed by atoms with Gasteiger partial charge in [-0.2, -0.15) is 0 Å². The molecule has 1 aliphatic heterocycles. The number of halogens is 1. The zero-order valence-electron chi connectivity index (χ0n) is 10.8. The van der Waals surface area contributed by atoms with Gasteiger partial charge in [-0.25, -0.2) is 0 Å². The van der Waals surface area contributed by atoms with Crippen LogP contribution in [0.3, 0.4) is 0 Å². The molecule has 1 aromatic carbocycles. The van der Waals surface area contributed by atoms with E-state index in [0.717, 1.165) is 36.1 Å². The number of benzene rings is 1. The molecule has 4 nitrogen and oxygen atoms in total. The number of nitrogens with one attached hydrogen (secondary N) is 1. The number of anilines is 1. The van der Waals surface area contributed by atoms with Gasteiger partial charge in [0.25, 0.3) is 0 Å². The van der Waals surface area contributed by atoms with Crippen molar-refractivity contribution in [1.29, 1.82) is 0 Å². The maximum Gasteiger partial charge on any atom is 0.238 e. The fraction of sp³-hybridized carbons (Fsp3) is 0.500. The molecule has 0 aliphatic carbocycles. The minimum absolute atomic E-state index is 0.0183. The summed E-state index contributed by atoms with van der Waals surface area (Å²) in [6, 6.07) is 7.56. The van der Waals surface area contributed by atoms with Gasteiger partial charge in [-0.1, -0.05) is 15.9 Å². The number of carbonyl (C=O) groups is 1. The Morgan fingerprint density at radius 2 is 1.95 bits per heavy atom. The van der Waals surface area contributed by atoms with E-state index in [0.29, 0.717) is 12.5 Å². The molecule has 19 heavy (non-hydrogen) atoms. The van der Waals surface area contributed by atoms with Crippen molar-refractivity contribution in [3.63, 3.8) is 0 Å². The highest BCUT2D eigenvalue weighted by atomic mass is 79.9. The normalized spacial score (nSPS) is 17.4. The smallest absolute Gasteiger partial charge is 0.238 e. The van der Waals surface area contributed by atoms with Crippen LogP contribution in [0.5, 0.6) is 0 Å². The van der Waals surface area contributed by atoms with E-state index in [-0.39, 0.29) is 12.5 Å². The van der Waals surface area contributed by atoms with Crippen molar-refractivity contribution in [1.82, 2.24) is 4.90 Å². The summed E-state index contributed by atoms with van der Waals surface area (Å²) in [6.07, 6.45) is 1.95. The topological polar surface area (TPSA) is 52.6 Å². The van der Waals surface area contributed by atoms with E-state index in [1.54, 1.807) is 0 Å². The average Bonchev–Trinajstić information content (AvgIpc) is 2.42. The summed E-state index contributed by atoms with van der Waals surface area (Å²) < 4.78 is 0.997. The number of piperidine rings is 1. The maximum atomic E-state index is 11.9. The molecule has 0 unspecified atom stereocenters. The highest BCUT2D eigenvalue weighted by Crippen LogP contribution is 2.17. The van der Waals surface area contributed by atoms with Crippen molar-refractivity contribution in [2.45, 2.75) is 12.8 Å². The zero-order chi connectivity index (χ0) is 13.7. The summed E-state index contributed by atoms with van der Waals surface area (Å²) in [4.78, 5) is 14.0. The molecule has 2 N–H and O–H groups in total. The summed E-state index contributed by atoms with van der Waals surface area (Å²) >= 11 is 3.36. The summed E-state index contributed by atoms with van der Waals surface area (Å²) in [5.41, 5.74) is 0.818. The Labute approximate surface area is 121 Å². The van der Waals surface area contributed by atoms with E-state index in [9.17, 15) is 4.79 Å². The zero-order valence-corrected chi connectivity index (χ0v) is 12.4. The van der Waals surface area contributed by atoms with E-state index in [4.69, 9.17) is 5.11 Å². The molecule has 2 rings (SSSR count). The van der Waals surface area contributed by atoms with E-state index in [2.05, 4.69) is 26.1 Å². The molecule has 1 fully saturated rings. The molecular weight excluding hydrogens is 308 g/mol. The molecule has 0 bridgehead atoms. The van der Waals surface area contributed by atoms with Crippen LogP contribution >= 0.6 is 15.9 Å². The third kappa shape index (κ3) is 4.60. The molecule has 5 heteroatoms. The second kappa shape index (κ2) is 7.03. The third-order valence-corrected chi connectivity index (χ3v) is 3.99. The average molecular weight is 327 g/mol. The van der Waals surface area contributed by atoms with Crippen molar-refractivity contribution in [2.75, 3.05) is 31.6 Å². The number of hydrogen-bond acceptors (Lipinski definition) is 3. The monoisotopic (exact) mass is 326 g/mol. The summed E-state index contributed by atoms with van der Waals surface area (Å²) in [5, 5.41) is 12.0. The largest absolute Gasteiger partial charge is 0.396 e. The van der Waals surface area contributed by atoms with Crippen molar-refractivity contribution in [2.24, 2.45) is 5.92 Å². The molecule has 0 aromatic heterocycles. The molecule has 0 spiro atoms. The van der Waals surface area contributed by atoms with Crippen molar-refractivity contribution >= 4 is 27.5 Å². The van der Waals surface area contributed by atoms with Gasteiger partial charge in [-0.3, -0.25) is 9.69 Å². The van der Waals surface area contributed by atoms with Crippen LogP contribution < -0.4 is 5.32 Å². The van der Waals surface area contributed by atoms with Crippen LogP contribution in [0.15, 0.2) is 28.7 Å². The number of likely N-dealkylation sites (tertiary alicyclic amines) is 1. The van der Waals surface area contributed by atoms with Gasteiger partial charge in [-0.05, 0) is 56.1 Å². The van der Waals surface area contributed by atoms with Gasteiger partial charge >= 0.3 is 0 Å². The molecule has 1 aliphatic rings. The Kier molecular flexibility index (Phi) is 5.36. The van der Waals surface area contributed by atoms with Gasteiger partial charge in [0, 0.05) is 16.8 Å². The molecule has 0 radical (unpaired) electrons. The lowest BCUT2D eigenvalue weighted by atomic mass is 9.98.